The fraction of sp³-hybridized carbons (Fsp3) is 0.200. The average Bonchev–Trinajstić information content (AvgIpc) is 3.01. The Morgan fingerprint density at radius 3 is 2.33 bits per heavy atom. The topological polar surface area (TPSA) is 94.1 Å². The summed E-state index contributed by atoms with van der Waals surface area (Å²) in [5, 5.41) is 13.4. The number of aliphatic hydroxyl groups excluding tert-OH is 1. The van der Waals surface area contributed by atoms with Gasteiger partial charge in [-0.15, -0.1) is 0 Å². The molecule has 1 heterocycles. The van der Waals surface area contributed by atoms with Crippen LogP contribution in [0.15, 0.2) is 48.0 Å². The average molecular weight is 369 g/mol. The third-order valence-electron chi connectivity index (χ3n) is 4.36. The van der Waals surface area contributed by atoms with E-state index in [1.807, 2.05) is 0 Å². The monoisotopic (exact) mass is 369 g/mol. The van der Waals surface area contributed by atoms with Crippen LogP contribution in [0.5, 0.6) is 17.2 Å². The number of aliphatic hydroxyl groups is 1. The summed E-state index contributed by atoms with van der Waals surface area (Å²) in [6.07, 6.45) is 0. The summed E-state index contributed by atoms with van der Waals surface area (Å²) in [6.45, 7) is 0. The fourth-order valence-electron chi connectivity index (χ4n) is 2.98. The van der Waals surface area contributed by atoms with Crippen LogP contribution in [0.3, 0.4) is 0 Å². The number of hydrogen-bond donors (Lipinski definition) is 2. The van der Waals surface area contributed by atoms with Crippen LogP contribution in [0.2, 0.25) is 0 Å². The van der Waals surface area contributed by atoms with Gasteiger partial charge in [-0.1, -0.05) is 12.1 Å². The van der Waals surface area contributed by atoms with Gasteiger partial charge >= 0.3 is 0 Å². The van der Waals surface area contributed by atoms with Crippen LogP contribution in [0.4, 0.5) is 0 Å². The van der Waals surface area contributed by atoms with Crippen molar-refractivity contribution >= 4 is 17.4 Å². The Morgan fingerprint density at radius 1 is 0.963 bits per heavy atom. The van der Waals surface area contributed by atoms with Gasteiger partial charge in [0.25, 0.3) is 11.7 Å². The van der Waals surface area contributed by atoms with Crippen molar-refractivity contribution in [1.29, 1.82) is 0 Å². The molecule has 0 aliphatic carbocycles. The van der Waals surface area contributed by atoms with Gasteiger partial charge in [0, 0.05) is 17.2 Å². The Labute approximate surface area is 156 Å². The Kier molecular flexibility index (Phi) is 5.03. The van der Waals surface area contributed by atoms with E-state index in [9.17, 15) is 14.7 Å². The van der Waals surface area contributed by atoms with Crippen LogP contribution in [-0.2, 0) is 9.59 Å². The normalized spacial score (nSPS) is 18.1. The minimum Gasteiger partial charge on any atom is -0.507 e. The largest absolute Gasteiger partial charge is 0.507 e. The second kappa shape index (κ2) is 7.41. The highest BCUT2D eigenvalue weighted by atomic mass is 16.5. The number of nitrogens with one attached hydrogen (secondary N) is 1. The van der Waals surface area contributed by atoms with Crippen molar-refractivity contribution < 1.29 is 28.9 Å². The minimum absolute atomic E-state index is 0.0447. The lowest BCUT2D eigenvalue weighted by Crippen LogP contribution is -2.21. The van der Waals surface area contributed by atoms with Gasteiger partial charge in [-0.05, 0) is 24.3 Å². The van der Waals surface area contributed by atoms with Crippen molar-refractivity contribution in [3.8, 4) is 17.2 Å². The maximum atomic E-state index is 12.5. The molecular weight excluding hydrogens is 350 g/mol. The molecule has 7 heteroatoms. The molecule has 1 saturated heterocycles. The third kappa shape index (κ3) is 3.31. The van der Waals surface area contributed by atoms with E-state index in [1.165, 1.54) is 21.3 Å². The molecule has 1 fully saturated rings. The Hall–Kier alpha value is -3.48. The van der Waals surface area contributed by atoms with E-state index in [-0.39, 0.29) is 11.3 Å². The van der Waals surface area contributed by atoms with E-state index >= 15 is 0 Å². The number of methoxy groups -OCH3 is 3. The smallest absolute Gasteiger partial charge is 0.293 e. The highest BCUT2D eigenvalue weighted by Crippen LogP contribution is 2.38. The third-order valence-corrected chi connectivity index (χ3v) is 4.36. The van der Waals surface area contributed by atoms with E-state index in [2.05, 4.69) is 5.32 Å². The Morgan fingerprint density at radius 2 is 1.67 bits per heavy atom. The molecule has 1 aliphatic heterocycles. The van der Waals surface area contributed by atoms with Crippen molar-refractivity contribution in [1.82, 2.24) is 5.32 Å². The molecule has 1 amide bonds. The quantitative estimate of drug-likeness (QED) is 0.478. The molecule has 3 rings (SSSR count). The van der Waals surface area contributed by atoms with Crippen molar-refractivity contribution in [2.75, 3.05) is 21.3 Å². The molecule has 2 aromatic carbocycles. The van der Waals surface area contributed by atoms with Crippen LogP contribution >= 0.6 is 0 Å². The number of ether oxygens (including phenoxy) is 3. The molecule has 1 aliphatic rings. The van der Waals surface area contributed by atoms with Gasteiger partial charge in [-0.3, -0.25) is 9.59 Å². The van der Waals surface area contributed by atoms with Gasteiger partial charge in [-0.2, -0.15) is 0 Å². The molecule has 0 radical (unpaired) electrons. The van der Waals surface area contributed by atoms with Crippen LogP contribution in [0.1, 0.15) is 17.2 Å². The zero-order chi connectivity index (χ0) is 19.6. The summed E-state index contributed by atoms with van der Waals surface area (Å²) < 4.78 is 15.7. The number of rotatable bonds is 5. The summed E-state index contributed by atoms with van der Waals surface area (Å²) in [6, 6.07) is 10.8. The summed E-state index contributed by atoms with van der Waals surface area (Å²) in [5.41, 5.74) is 0.852. The molecule has 140 valence electrons. The van der Waals surface area contributed by atoms with E-state index in [4.69, 9.17) is 14.2 Å². The van der Waals surface area contributed by atoms with Crippen LogP contribution in [0.25, 0.3) is 5.76 Å². The molecule has 0 spiro atoms. The number of carbonyl (C=O) groups is 2. The molecule has 1 unspecified atom stereocenters. The molecule has 2 N–H and O–H groups in total. The van der Waals surface area contributed by atoms with Gasteiger partial charge < -0.3 is 24.6 Å². The maximum Gasteiger partial charge on any atom is 0.293 e. The van der Waals surface area contributed by atoms with E-state index in [0.717, 1.165) is 0 Å². The molecule has 0 aromatic heterocycles. The van der Waals surface area contributed by atoms with Crippen molar-refractivity contribution in [3.63, 3.8) is 0 Å². The van der Waals surface area contributed by atoms with Crippen LogP contribution < -0.4 is 19.5 Å². The number of amides is 1. The molecule has 7 nitrogen and oxygen atoms in total. The second-order valence-electron chi connectivity index (χ2n) is 5.84. The van der Waals surface area contributed by atoms with Gasteiger partial charge in [0.1, 0.15) is 23.0 Å². The first-order chi connectivity index (χ1) is 13.0. The highest BCUT2D eigenvalue weighted by Gasteiger charge is 2.40. The van der Waals surface area contributed by atoms with E-state index < -0.39 is 17.7 Å². The first-order valence-corrected chi connectivity index (χ1v) is 8.14. The number of hydrogen-bond acceptors (Lipinski definition) is 6. The fourth-order valence-corrected chi connectivity index (χ4v) is 2.98. The summed E-state index contributed by atoms with van der Waals surface area (Å²) in [5.74, 6) is -0.373. The van der Waals surface area contributed by atoms with Gasteiger partial charge in [-0.25, -0.2) is 0 Å². The van der Waals surface area contributed by atoms with Gasteiger partial charge in [0.2, 0.25) is 0 Å². The zero-order valence-electron chi connectivity index (χ0n) is 15.1. The predicted octanol–water partition coefficient (Wildman–Crippen LogP) is 2.42. The summed E-state index contributed by atoms with van der Waals surface area (Å²) in [4.78, 5) is 24.5. The van der Waals surface area contributed by atoms with Crippen molar-refractivity contribution in [2.24, 2.45) is 0 Å². The van der Waals surface area contributed by atoms with E-state index in [1.54, 1.807) is 42.5 Å². The van der Waals surface area contributed by atoms with E-state index in [0.29, 0.717) is 28.4 Å². The summed E-state index contributed by atoms with van der Waals surface area (Å²) in [7, 11) is 4.50. The number of carbonyl (C=O) groups excluding carboxylic acids is 2. The Balaban J connectivity index is 2.15. The molecule has 1 atom stereocenters. The van der Waals surface area contributed by atoms with Crippen LogP contribution in [-0.4, -0.2) is 38.1 Å². The lowest BCUT2D eigenvalue weighted by atomic mass is 9.95. The van der Waals surface area contributed by atoms with Gasteiger partial charge in [0.05, 0.1) is 32.9 Å². The maximum absolute atomic E-state index is 12.5. The van der Waals surface area contributed by atoms with Gasteiger partial charge in [0.15, 0.2) is 0 Å². The van der Waals surface area contributed by atoms with Crippen molar-refractivity contribution in [3.05, 3.63) is 59.2 Å². The molecule has 2 aromatic rings. The first-order valence-electron chi connectivity index (χ1n) is 8.14. The number of Topliss-reactive ketones (excluding diaryl/α,β-unsaturated/α-hetero) is 1. The SMILES string of the molecule is COc1cccc(/C(O)=C2/C(=O)C(=O)NC2c2ccc(OC)cc2OC)c1. The molecule has 27 heavy (non-hydrogen) atoms. The minimum atomic E-state index is -0.850. The number of benzene rings is 2. The zero-order valence-corrected chi connectivity index (χ0v) is 15.1. The Bertz CT molecular complexity index is 934. The second-order valence-corrected chi connectivity index (χ2v) is 5.84. The lowest BCUT2D eigenvalue weighted by Gasteiger charge is -2.17. The summed E-state index contributed by atoms with van der Waals surface area (Å²) >= 11 is 0. The van der Waals surface area contributed by atoms with Crippen LogP contribution in [0, 0.1) is 0 Å². The van der Waals surface area contributed by atoms with Crippen molar-refractivity contribution in [2.45, 2.75) is 6.04 Å². The first kappa shape index (κ1) is 18.3. The predicted molar refractivity (Wildman–Crippen MR) is 98.0 cm³/mol. The molecule has 0 saturated carbocycles. The molecule has 0 bridgehead atoms. The highest BCUT2D eigenvalue weighted by molar-refractivity contribution is 6.46. The standard InChI is InChI=1S/C20H19NO6/c1-25-12-6-4-5-11(9-12)18(22)16-17(21-20(24)19(16)23)14-8-7-13(26-2)10-15(14)27-3/h4-10,17,22H,1-3H3,(H,21,24)/b18-16-. The molecular formula is C20H19NO6. The number of ketones is 1. The lowest BCUT2D eigenvalue weighted by molar-refractivity contribution is -0.133.